The van der Waals surface area contributed by atoms with Crippen LogP contribution >= 0.6 is 0 Å². The molecule has 0 fully saturated rings. The fourth-order valence-corrected chi connectivity index (χ4v) is 2.73. The second kappa shape index (κ2) is 10.0. The van der Waals surface area contributed by atoms with E-state index >= 15 is 0 Å². The van der Waals surface area contributed by atoms with Crippen LogP contribution in [0.3, 0.4) is 0 Å². The molecule has 1 unspecified atom stereocenters. The van der Waals surface area contributed by atoms with E-state index in [1.807, 2.05) is 38.1 Å². The Kier molecular flexibility index (Phi) is 7.19. The molecule has 144 valence electrons. The SMILES string of the molecule is Cc1[nH]nc2cnc(OC(C)CCOCCCOCc3ccccc3)cc12. The molecule has 0 spiro atoms. The second-order valence-corrected chi connectivity index (χ2v) is 6.61. The molecule has 1 N–H and O–H groups in total. The average molecular weight is 369 g/mol. The molecule has 1 atom stereocenters. The zero-order chi connectivity index (χ0) is 18.9. The van der Waals surface area contributed by atoms with Crippen LogP contribution in [0.5, 0.6) is 5.88 Å². The molecule has 0 aliphatic heterocycles. The first-order valence-electron chi connectivity index (χ1n) is 9.39. The Labute approximate surface area is 159 Å². The van der Waals surface area contributed by atoms with E-state index in [1.54, 1.807) is 6.20 Å². The van der Waals surface area contributed by atoms with Crippen molar-refractivity contribution < 1.29 is 14.2 Å². The molecule has 27 heavy (non-hydrogen) atoms. The topological polar surface area (TPSA) is 69.3 Å². The van der Waals surface area contributed by atoms with Gasteiger partial charge in [-0.25, -0.2) is 4.98 Å². The summed E-state index contributed by atoms with van der Waals surface area (Å²) >= 11 is 0. The van der Waals surface area contributed by atoms with Crippen molar-refractivity contribution in [1.29, 1.82) is 0 Å². The highest BCUT2D eigenvalue weighted by Gasteiger charge is 2.08. The monoisotopic (exact) mass is 369 g/mol. The summed E-state index contributed by atoms with van der Waals surface area (Å²) in [7, 11) is 0. The lowest BCUT2D eigenvalue weighted by Crippen LogP contribution is -2.16. The number of rotatable bonds is 11. The molecule has 0 aliphatic carbocycles. The van der Waals surface area contributed by atoms with Crippen molar-refractivity contribution in [1.82, 2.24) is 15.2 Å². The van der Waals surface area contributed by atoms with Crippen LogP contribution in [0.25, 0.3) is 10.9 Å². The van der Waals surface area contributed by atoms with E-state index in [-0.39, 0.29) is 6.10 Å². The summed E-state index contributed by atoms with van der Waals surface area (Å²) in [5.74, 6) is 0.619. The maximum absolute atomic E-state index is 5.88. The quantitative estimate of drug-likeness (QED) is 0.517. The molecule has 2 heterocycles. The zero-order valence-electron chi connectivity index (χ0n) is 16.0. The van der Waals surface area contributed by atoms with Gasteiger partial charge in [-0.3, -0.25) is 5.10 Å². The molecule has 0 saturated carbocycles. The number of aromatic nitrogens is 3. The lowest BCUT2D eigenvalue weighted by molar-refractivity contribution is 0.0632. The van der Waals surface area contributed by atoms with Crippen molar-refractivity contribution in [2.45, 2.75) is 39.4 Å². The van der Waals surface area contributed by atoms with E-state index in [0.717, 1.165) is 29.4 Å². The highest BCUT2D eigenvalue weighted by Crippen LogP contribution is 2.20. The summed E-state index contributed by atoms with van der Waals surface area (Å²) in [5, 5.41) is 8.17. The normalized spacial score (nSPS) is 12.4. The predicted molar refractivity (Wildman–Crippen MR) is 105 cm³/mol. The predicted octanol–water partition coefficient (Wildman–Crippen LogP) is 4.05. The average Bonchev–Trinajstić information content (AvgIpc) is 3.05. The maximum Gasteiger partial charge on any atom is 0.214 e. The first-order chi connectivity index (χ1) is 13.2. The molecule has 6 nitrogen and oxygen atoms in total. The van der Waals surface area contributed by atoms with E-state index in [1.165, 1.54) is 5.56 Å². The van der Waals surface area contributed by atoms with Crippen molar-refractivity contribution in [2.24, 2.45) is 0 Å². The third-order valence-electron chi connectivity index (χ3n) is 4.29. The van der Waals surface area contributed by atoms with Gasteiger partial charge in [0.05, 0.1) is 25.5 Å². The Balaban J connectivity index is 1.26. The molecule has 2 aromatic heterocycles. The summed E-state index contributed by atoms with van der Waals surface area (Å²) in [6.45, 7) is 6.72. The van der Waals surface area contributed by atoms with Crippen LogP contribution < -0.4 is 4.74 Å². The van der Waals surface area contributed by atoms with Crippen molar-refractivity contribution >= 4 is 10.9 Å². The van der Waals surface area contributed by atoms with Crippen LogP contribution in [-0.4, -0.2) is 41.1 Å². The number of H-pyrrole nitrogens is 1. The number of hydrogen-bond donors (Lipinski definition) is 1. The number of hydrogen-bond acceptors (Lipinski definition) is 5. The van der Waals surface area contributed by atoms with E-state index in [9.17, 15) is 0 Å². The van der Waals surface area contributed by atoms with E-state index in [0.29, 0.717) is 32.3 Å². The summed E-state index contributed by atoms with van der Waals surface area (Å²) < 4.78 is 17.2. The van der Waals surface area contributed by atoms with Gasteiger partial charge in [0, 0.05) is 36.8 Å². The van der Waals surface area contributed by atoms with Gasteiger partial charge < -0.3 is 14.2 Å². The Morgan fingerprint density at radius 1 is 1.07 bits per heavy atom. The highest BCUT2D eigenvalue weighted by atomic mass is 16.5. The Morgan fingerprint density at radius 2 is 1.89 bits per heavy atom. The minimum Gasteiger partial charge on any atom is -0.475 e. The first kappa shape index (κ1) is 19.3. The molecule has 0 bridgehead atoms. The van der Waals surface area contributed by atoms with E-state index in [2.05, 4.69) is 27.3 Å². The molecule has 3 rings (SSSR count). The Bertz CT molecular complexity index is 820. The molecule has 6 heteroatoms. The number of nitrogens with one attached hydrogen (secondary N) is 1. The van der Waals surface area contributed by atoms with Gasteiger partial charge in [-0.2, -0.15) is 5.10 Å². The number of aryl methyl sites for hydroxylation is 1. The standard InChI is InChI=1S/C21H27N3O3/c1-16(27-21-13-19-17(2)23-24-20(19)14-22-21)9-12-25-10-6-11-26-15-18-7-4-3-5-8-18/h3-5,7-8,13-14,16H,6,9-12,15H2,1-2H3,(H,23,24). The Morgan fingerprint density at radius 3 is 2.74 bits per heavy atom. The minimum atomic E-state index is 0.0384. The number of benzene rings is 1. The highest BCUT2D eigenvalue weighted by molar-refractivity contribution is 5.81. The van der Waals surface area contributed by atoms with Crippen molar-refractivity contribution in [3.8, 4) is 5.88 Å². The van der Waals surface area contributed by atoms with E-state index < -0.39 is 0 Å². The third-order valence-corrected chi connectivity index (χ3v) is 4.29. The molecular weight excluding hydrogens is 342 g/mol. The molecule has 0 saturated heterocycles. The van der Waals surface area contributed by atoms with Gasteiger partial charge >= 0.3 is 0 Å². The van der Waals surface area contributed by atoms with Gasteiger partial charge in [-0.15, -0.1) is 0 Å². The number of ether oxygens (including phenoxy) is 3. The summed E-state index contributed by atoms with van der Waals surface area (Å²) in [6, 6.07) is 12.1. The molecule has 0 radical (unpaired) electrons. The molecule has 0 amide bonds. The molecule has 1 aromatic carbocycles. The number of nitrogens with zero attached hydrogens (tertiary/aromatic N) is 2. The van der Waals surface area contributed by atoms with Gasteiger partial charge in [0.25, 0.3) is 0 Å². The van der Waals surface area contributed by atoms with Gasteiger partial charge in [-0.05, 0) is 25.8 Å². The minimum absolute atomic E-state index is 0.0384. The summed E-state index contributed by atoms with van der Waals surface area (Å²) in [6.07, 6.45) is 3.47. The van der Waals surface area contributed by atoms with Gasteiger partial charge in [0.15, 0.2) is 0 Å². The van der Waals surface area contributed by atoms with Crippen molar-refractivity contribution in [3.05, 3.63) is 53.9 Å². The molecular formula is C21H27N3O3. The van der Waals surface area contributed by atoms with E-state index in [4.69, 9.17) is 14.2 Å². The summed E-state index contributed by atoms with van der Waals surface area (Å²) in [5.41, 5.74) is 3.06. The number of aromatic amines is 1. The lowest BCUT2D eigenvalue weighted by Gasteiger charge is -2.14. The van der Waals surface area contributed by atoms with Crippen LogP contribution in [0.4, 0.5) is 0 Å². The van der Waals surface area contributed by atoms with Crippen LogP contribution in [-0.2, 0) is 16.1 Å². The molecule has 0 aliphatic rings. The number of fused-ring (bicyclic) bond motifs is 1. The van der Waals surface area contributed by atoms with Crippen LogP contribution in [0.2, 0.25) is 0 Å². The summed E-state index contributed by atoms with van der Waals surface area (Å²) in [4.78, 5) is 4.30. The third kappa shape index (κ3) is 6.05. The smallest absolute Gasteiger partial charge is 0.214 e. The fraction of sp³-hybridized carbons (Fsp3) is 0.429. The van der Waals surface area contributed by atoms with Crippen LogP contribution in [0, 0.1) is 6.92 Å². The van der Waals surface area contributed by atoms with Gasteiger partial charge in [0.2, 0.25) is 5.88 Å². The Hall–Kier alpha value is -2.44. The van der Waals surface area contributed by atoms with Crippen molar-refractivity contribution in [3.63, 3.8) is 0 Å². The van der Waals surface area contributed by atoms with Crippen LogP contribution in [0.1, 0.15) is 31.0 Å². The largest absolute Gasteiger partial charge is 0.475 e. The number of pyridine rings is 1. The lowest BCUT2D eigenvalue weighted by atomic mass is 10.2. The van der Waals surface area contributed by atoms with Gasteiger partial charge in [0.1, 0.15) is 5.52 Å². The zero-order valence-corrected chi connectivity index (χ0v) is 16.0. The maximum atomic E-state index is 5.88. The second-order valence-electron chi connectivity index (χ2n) is 6.61. The van der Waals surface area contributed by atoms with Crippen molar-refractivity contribution in [2.75, 3.05) is 19.8 Å². The molecule has 3 aromatic rings. The van der Waals surface area contributed by atoms with Gasteiger partial charge in [-0.1, -0.05) is 30.3 Å². The van der Waals surface area contributed by atoms with Crippen LogP contribution in [0.15, 0.2) is 42.6 Å². The first-order valence-corrected chi connectivity index (χ1v) is 9.39. The fourth-order valence-electron chi connectivity index (χ4n) is 2.73.